The molecule has 2 aromatic rings. The second kappa shape index (κ2) is 6.69. The number of aromatic nitrogens is 1. The summed E-state index contributed by atoms with van der Waals surface area (Å²) in [6.45, 7) is 1.28. The highest BCUT2D eigenvalue weighted by Crippen LogP contribution is 2.62. The normalized spacial score (nSPS) is 25.8. The lowest BCUT2D eigenvalue weighted by atomic mass is 9.94. The molecular weight excluding hydrogens is 389 g/mol. The van der Waals surface area contributed by atoms with E-state index in [4.69, 9.17) is 23.2 Å². The van der Waals surface area contributed by atoms with Crippen LogP contribution in [-0.2, 0) is 5.41 Å². The zero-order chi connectivity index (χ0) is 19.2. The minimum absolute atomic E-state index is 0.143. The van der Waals surface area contributed by atoms with Crippen LogP contribution in [0.25, 0.3) is 0 Å². The first kappa shape index (κ1) is 18.1. The summed E-state index contributed by atoms with van der Waals surface area (Å²) in [4.78, 5) is 29.8. The number of likely N-dealkylation sites (tertiary alicyclic amines) is 1. The van der Waals surface area contributed by atoms with Gasteiger partial charge in [0, 0.05) is 42.0 Å². The van der Waals surface area contributed by atoms with Crippen molar-refractivity contribution in [3.8, 4) is 0 Å². The molecule has 2 heterocycles. The summed E-state index contributed by atoms with van der Waals surface area (Å²) < 4.78 is 0. The summed E-state index contributed by atoms with van der Waals surface area (Å²) >= 11 is 12.0. The van der Waals surface area contributed by atoms with Crippen molar-refractivity contribution in [1.29, 1.82) is 0 Å². The molecular formula is C19H17Cl2N3O3. The lowest BCUT2D eigenvalue weighted by molar-refractivity contribution is 0.0944. The molecule has 6 nitrogen and oxygen atoms in total. The van der Waals surface area contributed by atoms with Crippen LogP contribution in [0, 0.1) is 11.8 Å². The first-order valence-electron chi connectivity index (χ1n) is 8.56. The topological polar surface area (TPSA) is 82.5 Å². The van der Waals surface area contributed by atoms with Crippen molar-refractivity contribution in [3.63, 3.8) is 0 Å². The Morgan fingerprint density at radius 1 is 1.22 bits per heavy atom. The molecule has 2 fully saturated rings. The standard InChI is InChI=1S/C19H17Cl2N3O3/c20-11-4-5-12(15(21)7-11)17(25)23-10-19(16-3-1-2-6-22-16)13-8-24(18(26)27)9-14(13)19/h1-7,13-14H,8-10H2,(H,23,25)(H,26,27). The molecule has 0 radical (unpaired) electrons. The summed E-state index contributed by atoms with van der Waals surface area (Å²) in [5, 5.41) is 12.9. The maximum absolute atomic E-state index is 12.6. The van der Waals surface area contributed by atoms with Crippen LogP contribution in [0.15, 0.2) is 42.6 Å². The first-order chi connectivity index (χ1) is 12.9. The zero-order valence-electron chi connectivity index (χ0n) is 14.2. The molecule has 1 saturated carbocycles. The van der Waals surface area contributed by atoms with Gasteiger partial charge < -0.3 is 15.3 Å². The molecule has 1 aromatic carbocycles. The van der Waals surface area contributed by atoms with E-state index in [-0.39, 0.29) is 23.2 Å². The van der Waals surface area contributed by atoms with Gasteiger partial charge in [-0.2, -0.15) is 0 Å². The minimum atomic E-state index is -0.908. The molecule has 4 rings (SSSR count). The second-order valence-electron chi connectivity index (χ2n) is 6.96. The van der Waals surface area contributed by atoms with Crippen molar-refractivity contribution in [2.75, 3.05) is 19.6 Å². The number of pyridine rings is 1. The Morgan fingerprint density at radius 3 is 2.56 bits per heavy atom. The number of fused-ring (bicyclic) bond motifs is 1. The molecule has 27 heavy (non-hydrogen) atoms. The van der Waals surface area contributed by atoms with Gasteiger partial charge in [0.2, 0.25) is 0 Å². The summed E-state index contributed by atoms with van der Waals surface area (Å²) in [6, 6.07) is 10.4. The molecule has 1 saturated heterocycles. The molecule has 1 aliphatic carbocycles. The van der Waals surface area contributed by atoms with Gasteiger partial charge in [0.25, 0.3) is 5.91 Å². The molecule has 2 aliphatic rings. The van der Waals surface area contributed by atoms with Crippen LogP contribution < -0.4 is 5.32 Å². The number of piperidine rings is 1. The van der Waals surface area contributed by atoms with Crippen LogP contribution in [0.1, 0.15) is 16.1 Å². The van der Waals surface area contributed by atoms with Gasteiger partial charge in [0.15, 0.2) is 0 Å². The highest BCUT2D eigenvalue weighted by Gasteiger charge is 2.70. The van der Waals surface area contributed by atoms with E-state index in [1.54, 1.807) is 18.3 Å². The van der Waals surface area contributed by atoms with Crippen LogP contribution >= 0.6 is 23.2 Å². The number of carbonyl (C=O) groups excluding carboxylic acids is 1. The Balaban J connectivity index is 1.54. The van der Waals surface area contributed by atoms with Gasteiger partial charge in [-0.1, -0.05) is 29.3 Å². The number of hydrogen-bond acceptors (Lipinski definition) is 3. The number of hydrogen-bond donors (Lipinski definition) is 2. The summed E-state index contributed by atoms with van der Waals surface area (Å²) in [5.41, 5.74) is 0.893. The number of benzene rings is 1. The predicted molar refractivity (Wildman–Crippen MR) is 101 cm³/mol. The number of carbonyl (C=O) groups is 2. The van der Waals surface area contributed by atoms with E-state index in [1.165, 1.54) is 11.0 Å². The minimum Gasteiger partial charge on any atom is -0.465 e. The van der Waals surface area contributed by atoms with Crippen molar-refractivity contribution in [2.24, 2.45) is 11.8 Å². The number of nitrogens with zero attached hydrogens (tertiary/aromatic N) is 2. The average Bonchev–Trinajstić information content (AvgIpc) is 3.01. The van der Waals surface area contributed by atoms with Crippen LogP contribution in [-0.4, -0.2) is 46.6 Å². The number of carboxylic acid groups (broad SMARTS) is 1. The highest BCUT2D eigenvalue weighted by atomic mass is 35.5. The maximum Gasteiger partial charge on any atom is 0.407 e. The largest absolute Gasteiger partial charge is 0.465 e. The van der Waals surface area contributed by atoms with E-state index in [2.05, 4.69) is 10.3 Å². The van der Waals surface area contributed by atoms with E-state index in [1.807, 2.05) is 18.2 Å². The SMILES string of the molecule is O=C(NCC1(c2ccccn2)C2CN(C(=O)O)CC21)c1ccc(Cl)cc1Cl. The Hall–Kier alpha value is -2.31. The molecule has 1 aromatic heterocycles. The predicted octanol–water partition coefficient (Wildman–Crippen LogP) is 3.30. The van der Waals surface area contributed by atoms with E-state index < -0.39 is 6.09 Å². The number of nitrogens with one attached hydrogen (secondary N) is 1. The number of rotatable bonds is 4. The monoisotopic (exact) mass is 405 g/mol. The van der Waals surface area contributed by atoms with Crippen molar-refractivity contribution < 1.29 is 14.7 Å². The van der Waals surface area contributed by atoms with Gasteiger partial charge in [-0.15, -0.1) is 0 Å². The molecule has 2 atom stereocenters. The quantitative estimate of drug-likeness (QED) is 0.817. The van der Waals surface area contributed by atoms with Gasteiger partial charge in [0.05, 0.1) is 10.6 Å². The Bertz CT molecular complexity index is 894. The maximum atomic E-state index is 12.6. The summed E-state index contributed by atoms with van der Waals surface area (Å²) in [5.74, 6) is 0.000941. The van der Waals surface area contributed by atoms with Crippen molar-refractivity contribution in [2.45, 2.75) is 5.41 Å². The van der Waals surface area contributed by atoms with Gasteiger partial charge in [0.1, 0.15) is 0 Å². The molecule has 1 aliphatic heterocycles. The van der Waals surface area contributed by atoms with Crippen molar-refractivity contribution in [3.05, 3.63) is 63.9 Å². The van der Waals surface area contributed by atoms with Crippen molar-refractivity contribution >= 4 is 35.2 Å². The fraction of sp³-hybridized carbons (Fsp3) is 0.316. The average molecular weight is 406 g/mol. The lowest BCUT2D eigenvalue weighted by Crippen LogP contribution is -2.41. The van der Waals surface area contributed by atoms with Crippen LogP contribution in [0.4, 0.5) is 4.79 Å². The molecule has 2 N–H and O–H groups in total. The number of halogens is 2. The smallest absolute Gasteiger partial charge is 0.407 e. The second-order valence-corrected chi connectivity index (χ2v) is 7.81. The Kier molecular flexibility index (Phi) is 4.48. The molecule has 2 unspecified atom stereocenters. The fourth-order valence-electron chi connectivity index (χ4n) is 4.26. The molecule has 8 heteroatoms. The van der Waals surface area contributed by atoms with Gasteiger partial charge in [-0.3, -0.25) is 9.78 Å². The zero-order valence-corrected chi connectivity index (χ0v) is 15.7. The third-order valence-corrected chi connectivity index (χ3v) is 6.21. The van der Waals surface area contributed by atoms with Gasteiger partial charge in [-0.25, -0.2) is 4.79 Å². The van der Waals surface area contributed by atoms with E-state index in [9.17, 15) is 14.7 Å². The van der Waals surface area contributed by atoms with E-state index in [0.29, 0.717) is 35.2 Å². The fourth-order valence-corrected chi connectivity index (χ4v) is 4.75. The third kappa shape index (κ3) is 3.03. The van der Waals surface area contributed by atoms with Crippen LogP contribution in [0.2, 0.25) is 10.0 Å². The van der Waals surface area contributed by atoms with Gasteiger partial charge >= 0.3 is 6.09 Å². The van der Waals surface area contributed by atoms with E-state index in [0.717, 1.165) is 5.69 Å². The van der Waals surface area contributed by atoms with Gasteiger partial charge in [-0.05, 0) is 42.2 Å². The first-order valence-corrected chi connectivity index (χ1v) is 9.31. The molecule has 2 amide bonds. The Morgan fingerprint density at radius 2 is 1.96 bits per heavy atom. The van der Waals surface area contributed by atoms with Crippen LogP contribution in [0.3, 0.4) is 0 Å². The molecule has 140 valence electrons. The molecule has 0 spiro atoms. The summed E-state index contributed by atoms with van der Waals surface area (Å²) in [6.07, 6.45) is 0.812. The van der Waals surface area contributed by atoms with E-state index >= 15 is 0 Å². The van der Waals surface area contributed by atoms with Crippen LogP contribution in [0.5, 0.6) is 0 Å². The Labute approximate surface area is 166 Å². The molecule has 0 bridgehead atoms. The lowest BCUT2D eigenvalue weighted by Gasteiger charge is -2.25. The number of amides is 2. The van der Waals surface area contributed by atoms with Crippen molar-refractivity contribution in [1.82, 2.24) is 15.2 Å². The third-order valence-electron chi connectivity index (χ3n) is 5.66. The summed E-state index contributed by atoms with van der Waals surface area (Å²) in [7, 11) is 0. The highest BCUT2D eigenvalue weighted by molar-refractivity contribution is 6.36.